The number of aromatic nitrogens is 1. The van der Waals surface area contributed by atoms with E-state index in [9.17, 15) is 10.1 Å². The predicted molar refractivity (Wildman–Crippen MR) is 79.1 cm³/mol. The molecule has 1 aliphatic heterocycles. The lowest BCUT2D eigenvalue weighted by Gasteiger charge is -2.32. The fraction of sp³-hybridized carbons (Fsp3) is 0.571. The van der Waals surface area contributed by atoms with Gasteiger partial charge in [0.1, 0.15) is 6.07 Å². The molecular weight excluding hydrogens is 270 g/mol. The number of hydrogen-bond acceptors (Lipinski definition) is 6. The average molecular weight is 289 g/mol. The molecule has 0 bridgehead atoms. The molecule has 1 fully saturated rings. The molecule has 2 rings (SSSR count). The maximum atomic E-state index is 11.2. The SMILES string of the molecule is CCNCC1CCN(c2ncc(C#N)cc2[N+](=O)[O-])CC1. The van der Waals surface area contributed by atoms with E-state index in [4.69, 9.17) is 5.26 Å². The van der Waals surface area contributed by atoms with Crippen LogP contribution in [-0.4, -0.2) is 36.1 Å². The molecule has 7 heteroatoms. The van der Waals surface area contributed by atoms with Crippen LogP contribution in [0.25, 0.3) is 0 Å². The number of piperidine rings is 1. The van der Waals surface area contributed by atoms with E-state index in [1.807, 2.05) is 11.0 Å². The minimum Gasteiger partial charge on any atom is -0.351 e. The monoisotopic (exact) mass is 289 g/mol. The van der Waals surface area contributed by atoms with Gasteiger partial charge in [0.15, 0.2) is 0 Å². The number of anilines is 1. The van der Waals surface area contributed by atoms with Gasteiger partial charge in [-0.1, -0.05) is 6.92 Å². The van der Waals surface area contributed by atoms with Crippen LogP contribution in [0.5, 0.6) is 0 Å². The molecular formula is C14H19N5O2. The van der Waals surface area contributed by atoms with E-state index in [0.717, 1.165) is 39.0 Å². The summed E-state index contributed by atoms with van der Waals surface area (Å²) in [6, 6.07) is 3.19. The van der Waals surface area contributed by atoms with E-state index in [-0.39, 0.29) is 11.3 Å². The van der Waals surface area contributed by atoms with Gasteiger partial charge < -0.3 is 10.2 Å². The average Bonchev–Trinajstić information content (AvgIpc) is 2.52. The number of pyridine rings is 1. The third-order valence-electron chi connectivity index (χ3n) is 3.77. The number of nitro groups is 1. The molecule has 0 atom stereocenters. The van der Waals surface area contributed by atoms with Crippen LogP contribution in [0.2, 0.25) is 0 Å². The molecule has 1 aromatic rings. The summed E-state index contributed by atoms with van der Waals surface area (Å²) >= 11 is 0. The fourth-order valence-corrected chi connectivity index (χ4v) is 2.58. The van der Waals surface area contributed by atoms with Gasteiger partial charge in [0.25, 0.3) is 0 Å². The van der Waals surface area contributed by atoms with Gasteiger partial charge in [-0.2, -0.15) is 5.26 Å². The minimum atomic E-state index is -0.464. The Bertz CT molecular complexity index is 547. The summed E-state index contributed by atoms with van der Waals surface area (Å²) in [4.78, 5) is 16.8. The van der Waals surface area contributed by atoms with Crippen molar-refractivity contribution in [1.82, 2.24) is 10.3 Å². The molecule has 112 valence electrons. The summed E-state index contributed by atoms with van der Waals surface area (Å²) in [5, 5.41) is 23.3. The van der Waals surface area contributed by atoms with Crippen molar-refractivity contribution in [1.29, 1.82) is 5.26 Å². The summed E-state index contributed by atoms with van der Waals surface area (Å²) in [5.41, 5.74) is 0.131. The lowest BCUT2D eigenvalue weighted by molar-refractivity contribution is -0.384. The van der Waals surface area contributed by atoms with Crippen molar-refractivity contribution in [2.24, 2.45) is 5.92 Å². The highest BCUT2D eigenvalue weighted by molar-refractivity contribution is 5.60. The van der Waals surface area contributed by atoms with Gasteiger partial charge >= 0.3 is 5.69 Å². The summed E-state index contributed by atoms with van der Waals surface area (Å²) in [7, 11) is 0. The zero-order chi connectivity index (χ0) is 15.2. The van der Waals surface area contributed by atoms with Gasteiger partial charge in [-0.15, -0.1) is 0 Å². The topological polar surface area (TPSA) is 95.1 Å². The molecule has 1 saturated heterocycles. The van der Waals surface area contributed by atoms with Crippen LogP contribution in [0.1, 0.15) is 25.3 Å². The molecule has 1 aromatic heterocycles. The first kappa shape index (κ1) is 15.2. The van der Waals surface area contributed by atoms with Gasteiger partial charge in [-0.25, -0.2) is 4.98 Å². The second kappa shape index (κ2) is 6.99. The van der Waals surface area contributed by atoms with Crippen LogP contribution in [0, 0.1) is 27.4 Å². The van der Waals surface area contributed by atoms with Crippen molar-refractivity contribution in [3.8, 4) is 6.07 Å². The van der Waals surface area contributed by atoms with Crippen molar-refractivity contribution in [2.75, 3.05) is 31.1 Å². The Hall–Kier alpha value is -2.20. The third kappa shape index (κ3) is 3.67. The van der Waals surface area contributed by atoms with E-state index in [0.29, 0.717) is 11.7 Å². The van der Waals surface area contributed by atoms with Crippen LogP contribution in [0.15, 0.2) is 12.3 Å². The Balaban J connectivity index is 2.10. The van der Waals surface area contributed by atoms with E-state index in [1.54, 1.807) is 0 Å². The number of nitriles is 1. The molecule has 1 aliphatic rings. The van der Waals surface area contributed by atoms with Crippen LogP contribution >= 0.6 is 0 Å². The van der Waals surface area contributed by atoms with Crippen molar-refractivity contribution >= 4 is 11.5 Å². The van der Waals surface area contributed by atoms with Crippen LogP contribution in [0.3, 0.4) is 0 Å². The Morgan fingerprint density at radius 1 is 1.57 bits per heavy atom. The predicted octanol–water partition coefficient (Wildman–Crippen LogP) is 1.69. The fourth-order valence-electron chi connectivity index (χ4n) is 2.58. The van der Waals surface area contributed by atoms with Crippen LogP contribution < -0.4 is 10.2 Å². The highest BCUT2D eigenvalue weighted by Gasteiger charge is 2.26. The van der Waals surface area contributed by atoms with Gasteiger partial charge in [0.05, 0.1) is 10.5 Å². The summed E-state index contributed by atoms with van der Waals surface area (Å²) in [6.07, 6.45) is 3.38. The van der Waals surface area contributed by atoms with Crippen molar-refractivity contribution in [3.63, 3.8) is 0 Å². The van der Waals surface area contributed by atoms with Gasteiger partial charge in [0.2, 0.25) is 5.82 Å². The third-order valence-corrected chi connectivity index (χ3v) is 3.77. The molecule has 0 unspecified atom stereocenters. The Kier molecular flexibility index (Phi) is 5.06. The molecule has 0 aliphatic carbocycles. The molecule has 0 aromatic carbocycles. The van der Waals surface area contributed by atoms with Crippen molar-refractivity contribution < 1.29 is 4.92 Å². The Morgan fingerprint density at radius 3 is 2.86 bits per heavy atom. The summed E-state index contributed by atoms with van der Waals surface area (Å²) in [6.45, 7) is 5.56. The maximum absolute atomic E-state index is 11.2. The largest absolute Gasteiger partial charge is 0.351 e. The molecule has 21 heavy (non-hydrogen) atoms. The summed E-state index contributed by atoms with van der Waals surface area (Å²) in [5.74, 6) is 0.986. The van der Waals surface area contributed by atoms with Gasteiger partial charge in [-0.3, -0.25) is 10.1 Å². The molecule has 0 amide bonds. The second-order valence-electron chi connectivity index (χ2n) is 5.17. The number of nitrogens with one attached hydrogen (secondary N) is 1. The normalized spacial score (nSPS) is 15.7. The summed E-state index contributed by atoms with van der Waals surface area (Å²) < 4.78 is 0. The van der Waals surface area contributed by atoms with E-state index >= 15 is 0 Å². The molecule has 0 spiro atoms. The van der Waals surface area contributed by atoms with E-state index in [1.165, 1.54) is 12.3 Å². The minimum absolute atomic E-state index is 0.0841. The quantitative estimate of drug-likeness (QED) is 0.654. The molecule has 1 N–H and O–H groups in total. The number of rotatable bonds is 5. The number of nitrogens with zero attached hydrogens (tertiary/aromatic N) is 4. The lowest BCUT2D eigenvalue weighted by Crippen LogP contribution is -2.38. The molecule has 7 nitrogen and oxygen atoms in total. The van der Waals surface area contributed by atoms with Crippen LogP contribution in [0.4, 0.5) is 11.5 Å². The van der Waals surface area contributed by atoms with Gasteiger partial charge in [-0.05, 0) is 31.8 Å². The highest BCUT2D eigenvalue weighted by atomic mass is 16.6. The van der Waals surface area contributed by atoms with E-state index in [2.05, 4.69) is 17.2 Å². The first-order valence-electron chi connectivity index (χ1n) is 7.16. The first-order chi connectivity index (χ1) is 10.2. The zero-order valence-corrected chi connectivity index (χ0v) is 12.1. The van der Waals surface area contributed by atoms with Crippen molar-refractivity contribution in [2.45, 2.75) is 19.8 Å². The smallest absolute Gasteiger partial charge is 0.312 e. The number of hydrogen-bond donors (Lipinski definition) is 1. The Labute approximate surface area is 123 Å². The second-order valence-corrected chi connectivity index (χ2v) is 5.17. The van der Waals surface area contributed by atoms with E-state index < -0.39 is 4.92 Å². The molecule has 0 radical (unpaired) electrons. The zero-order valence-electron chi connectivity index (χ0n) is 12.1. The van der Waals surface area contributed by atoms with Gasteiger partial charge in [0, 0.05) is 25.4 Å². The molecule has 2 heterocycles. The van der Waals surface area contributed by atoms with Crippen LogP contribution in [-0.2, 0) is 0 Å². The molecule has 0 saturated carbocycles. The standard InChI is InChI=1S/C14H19N5O2/c1-2-16-9-11-3-5-18(6-4-11)14-13(19(20)21)7-12(8-15)10-17-14/h7,10-11,16H,2-6,9H2,1H3. The van der Waals surface area contributed by atoms with Crippen molar-refractivity contribution in [3.05, 3.63) is 27.9 Å². The Morgan fingerprint density at radius 2 is 2.29 bits per heavy atom. The first-order valence-corrected chi connectivity index (χ1v) is 7.16. The highest BCUT2D eigenvalue weighted by Crippen LogP contribution is 2.29. The maximum Gasteiger partial charge on any atom is 0.312 e. The lowest BCUT2D eigenvalue weighted by atomic mass is 9.96.